The molecule has 0 atom stereocenters. The smallest absolute Gasteiger partial charge is 0.129 e. The van der Waals surface area contributed by atoms with Crippen molar-refractivity contribution in [2.45, 2.75) is 12.8 Å². The summed E-state index contributed by atoms with van der Waals surface area (Å²) in [6.07, 6.45) is 2.12. The average Bonchev–Trinajstić information content (AvgIpc) is 2.79. The molecule has 0 aliphatic carbocycles. The van der Waals surface area contributed by atoms with E-state index in [2.05, 4.69) is 23.0 Å². The van der Waals surface area contributed by atoms with Crippen LogP contribution in [0.1, 0.15) is 11.3 Å². The van der Waals surface area contributed by atoms with Gasteiger partial charge < -0.3 is 14.6 Å². The molecule has 1 aromatic heterocycles. The lowest BCUT2D eigenvalue weighted by Gasteiger charge is -2.11. The van der Waals surface area contributed by atoms with E-state index in [1.807, 2.05) is 12.1 Å². The highest BCUT2D eigenvalue weighted by molar-refractivity contribution is 5.86. The summed E-state index contributed by atoms with van der Waals surface area (Å²) in [5.41, 5.74) is 3.88. The van der Waals surface area contributed by atoms with Crippen LogP contribution in [0.2, 0.25) is 0 Å². The molecule has 0 amide bonds. The van der Waals surface area contributed by atoms with Crippen molar-refractivity contribution in [1.29, 1.82) is 0 Å². The van der Waals surface area contributed by atoms with Gasteiger partial charge in [0.05, 0.1) is 0 Å². The third-order valence-electron chi connectivity index (χ3n) is 4.50. The molecule has 0 spiro atoms. The van der Waals surface area contributed by atoms with Crippen molar-refractivity contribution < 1.29 is 9.13 Å². The summed E-state index contributed by atoms with van der Waals surface area (Å²) in [7, 11) is 2.17. The molecular weight excluding hydrogens is 291 g/mol. The summed E-state index contributed by atoms with van der Waals surface area (Å²) in [5, 5.41) is 1.28. The van der Waals surface area contributed by atoms with Gasteiger partial charge in [-0.3, -0.25) is 0 Å². The summed E-state index contributed by atoms with van der Waals surface area (Å²) < 4.78 is 18.8. The standard InChI is InChI=1S/C19H19FN2O/c1-22-10-8-17-16-7-6-15(12-19(16)21-18(17)9-11-22)23-14-4-2-13(20)3-5-14/h2-7,12,21H,8-11H2,1H3. The van der Waals surface area contributed by atoms with Gasteiger partial charge in [-0.15, -0.1) is 0 Å². The van der Waals surface area contributed by atoms with Crippen molar-refractivity contribution in [2.24, 2.45) is 0 Å². The molecule has 118 valence electrons. The average molecular weight is 310 g/mol. The summed E-state index contributed by atoms with van der Waals surface area (Å²) in [6.45, 7) is 2.17. The number of hydrogen-bond acceptors (Lipinski definition) is 2. The Morgan fingerprint density at radius 1 is 1.00 bits per heavy atom. The number of benzene rings is 2. The third-order valence-corrected chi connectivity index (χ3v) is 4.50. The maximum atomic E-state index is 13.0. The molecule has 2 heterocycles. The molecule has 1 aliphatic rings. The Hall–Kier alpha value is -2.33. The Morgan fingerprint density at radius 2 is 1.74 bits per heavy atom. The van der Waals surface area contributed by atoms with Gasteiger partial charge in [-0.1, -0.05) is 0 Å². The van der Waals surface area contributed by atoms with Gasteiger partial charge in [0, 0.05) is 42.2 Å². The summed E-state index contributed by atoms with van der Waals surface area (Å²) in [6, 6.07) is 12.2. The van der Waals surface area contributed by atoms with Crippen LogP contribution in [-0.4, -0.2) is 30.0 Å². The number of halogens is 1. The van der Waals surface area contributed by atoms with E-state index >= 15 is 0 Å². The Labute approximate surface area is 134 Å². The van der Waals surface area contributed by atoms with E-state index in [0.717, 1.165) is 37.2 Å². The van der Waals surface area contributed by atoms with E-state index < -0.39 is 0 Å². The highest BCUT2D eigenvalue weighted by Gasteiger charge is 2.16. The van der Waals surface area contributed by atoms with E-state index in [1.54, 1.807) is 12.1 Å². The lowest BCUT2D eigenvalue weighted by molar-refractivity contribution is 0.352. The maximum Gasteiger partial charge on any atom is 0.129 e. The van der Waals surface area contributed by atoms with Gasteiger partial charge in [0.25, 0.3) is 0 Å². The third kappa shape index (κ3) is 2.82. The molecule has 0 saturated carbocycles. The molecule has 1 aliphatic heterocycles. The summed E-state index contributed by atoms with van der Waals surface area (Å²) >= 11 is 0. The summed E-state index contributed by atoms with van der Waals surface area (Å²) in [4.78, 5) is 5.91. The normalized spacial score (nSPS) is 15.4. The van der Waals surface area contributed by atoms with E-state index in [0.29, 0.717) is 5.75 Å². The van der Waals surface area contributed by atoms with Gasteiger partial charge in [0.2, 0.25) is 0 Å². The van der Waals surface area contributed by atoms with Gasteiger partial charge in [0.1, 0.15) is 17.3 Å². The molecule has 0 radical (unpaired) electrons. The van der Waals surface area contributed by atoms with Crippen LogP contribution in [0.15, 0.2) is 42.5 Å². The van der Waals surface area contributed by atoms with E-state index in [4.69, 9.17) is 4.74 Å². The van der Waals surface area contributed by atoms with Crippen LogP contribution in [-0.2, 0) is 12.8 Å². The van der Waals surface area contributed by atoms with Crippen LogP contribution >= 0.6 is 0 Å². The van der Waals surface area contributed by atoms with Crippen molar-refractivity contribution in [3.05, 3.63) is 59.5 Å². The quantitative estimate of drug-likeness (QED) is 0.771. The Kier molecular flexibility index (Phi) is 3.54. The second-order valence-corrected chi connectivity index (χ2v) is 6.15. The molecule has 0 fully saturated rings. The number of rotatable bonds is 2. The fourth-order valence-electron chi connectivity index (χ4n) is 3.21. The molecule has 3 nitrogen and oxygen atoms in total. The van der Waals surface area contributed by atoms with Gasteiger partial charge in [0.15, 0.2) is 0 Å². The number of aromatic nitrogens is 1. The van der Waals surface area contributed by atoms with Crippen molar-refractivity contribution in [1.82, 2.24) is 9.88 Å². The first-order chi connectivity index (χ1) is 11.2. The minimum absolute atomic E-state index is 0.258. The van der Waals surface area contributed by atoms with Gasteiger partial charge in [-0.25, -0.2) is 4.39 Å². The number of nitrogens with one attached hydrogen (secondary N) is 1. The fourth-order valence-corrected chi connectivity index (χ4v) is 3.21. The van der Waals surface area contributed by atoms with E-state index in [1.165, 1.54) is 28.8 Å². The number of nitrogens with zero attached hydrogens (tertiary/aromatic N) is 1. The van der Waals surface area contributed by atoms with Crippen molar-refractivity contribution in [2.75, 3.05) is 20.1 Å². The van der Waals surface area contributed by atoms with Crippen molar-refractivity contribution >= 4 is 10.9 Å². The minimum Gasteiger partial charge on any atom is -0.457 e. The number of H-pyrrole nitrogens is 1. The molecule has 0 unspecified atom stereocenters. The Balaban J connectivity index is 1.65. The first-order valence-electron chi connectivity index (χ1n) is 7.94. The molecule has 4 heteroatoms. The molecule has 4 rings (SSSR count). The topological polar surface area (TPSA) is 28.3 Å². The molecule has 1 N–H and O–H groups in total. The van der Waals surface area contributed by atoms with Gasteiger partial charge in [-0.2, -0.15) is 0 Å². The summed E-state index contributed by atoms with van der Waals surface area (Å²) in [5.74, 6) is 1.14. The van der Waals surface area contributed by atoms with Crippen LogP contribution < -0.4 is 4.74 Å². The fraction of sp³-hybridized carbons (Fsp3) is 0.263. The predicted octanol–water partition coefficient (Wildman–Crippen LogP) is 4.13. The number of likely N-dealkylation sites (N-methyl/N-ethyl adjacent to an activating group) is 1. The van der Waals surface area contributed by atoms with Crippen molar-refractivity contribution in [3.63, 3.8) is 0 Å². The second kappa shape index (κ2) is 5.70. The van der Waals surface area contributed by atoms with E-state index in [-0.39, 0.29) is 5.82 Å². The largest absolute Gasteiger partial charge is 0.457 e. The zero-order chi connectivity index (χ0) is 15.8. The predicted molar refractivity (Wildman–Crippen MR) is 89.7 cm³/mol. The molecule has 3 aromatic rings. The van der Waals surface area contributed by atoms with Crippen LogP contribution in [0.3, 0.4) is 0 Å². The number of hydrogen-bond donors (Lipinski definition) is 1. The molecule has 0 saturated heterocycles. The molecular formula is C19H19FN2O. The number of fused-ring (bicyclic) bond motifs is 3. The van der Waals surface area contributed by atoms with Gasteiger partial charge in [-0.05, 0) is 55.4 Å². The van der Waals surface area contributed by atoms with E-state index in [9.17, 15) is 4.39 Å². The van der Waals surface area contributed by atoms with Crippen LogP contribution in [0.25, 0.3) is 10.9 Å². The zero-order valence-corrected chi connectivity index (χ0v) is 13.1. The van der Waals surface area contributed by atoms with Crippen LogP contribution in [0, 0.1) is 5.82 Å². The Bertz CT molecular complexity index is 838. The molecule has 2 aromatic carbocycles. The zero-order valence-electron chi connectivity index (χ0n) is 13.1. The number of ether oxygens (including phenoxy) is 1. The molecule has 23 heavy (non-hydrogen) atoms. The highest BCUT2D eigenvalue weighted by Crippen LogP contribution is 2.30. The Morgan fingerprint density at radius 3 is 2.57 bits per heavy atom. The minimum atomic E-state index is -0.258. The van der Waals surface area contributed by atoms with Crippen LogP contribution in [0.4, 0.5) is 4.39 Å². The molecule has 0 bridgehead atoms. The van der Waals surface area contributed by atoms with Crippen molar-refractivity contribution in [3.8, 4) is 11.5 Å². The van der Waals surface area contributed by atoms with Crippen LogP contribution in [0.5, 0.6) is 11.5 Å². The number of aromatic amines is 1. The second-order valence-electron chi connectivity index (χ2n) is 6.15. The first-order valence-corrected chi connectivity index (χ1v) is 7.94. The lowest BCUT2D eigenvalue weighted by Crippen LogP contribution is -2.21. The first kappa shape index (κ1) is 14.3. The van der Waals surface area contributed by atoms with Gasteiger partial charge >= 0.3 is 0 Å². The highest BCUT2D eigenvalue weighted by atomic mass is 19.1. The maximum absolute atomic E-state index is 13.0. The SMILES string of the molecule is CN1CCc2[nH]c3cc(Oc4ccc(F)cc4)ccc3c2CC1. The monoisotopic (exact) mass is 310 g/mol. The lowest BCUT2D eigenvalue weighted by atomic mass is 10.1.